The van der Waals surface area contributed by atoms with Crippen LogP contribution in [0.2, 0.25) is 0 Å². The third kappa shape index (κ3) is 4.74. The SMILES string of the molecule is CCOc1ccc(C=Nc2ccc(C)cc2S(=O)(=O)N2CCOCC2)cc1. The van der Waals surface area contributed by atoms with E-state index in [9.17, 15) is 8.42 Å². The van der Waals surface area contributed by atoms with E-state index in [1.165, 1.54) is 4.31 Å². The van der Waals surface area contributed by atoms with Crippen molar-refractivity contribution in [3.05, 3.63) is 53.6 Å². The highest BCUT2D eigenvalue weighted by molar-refractivity contribution is 7.89. The van der Waals surface area contributed by atoms with Gasteiger partial charge in [0.1, 0.15) is 10.6 Å². The van der Waals surface area contributed by atoms with Crippen LogP contribution in [0.4, 0.5) is 5.69 Å². The molecule has 0 aromatic heterocycles. The maximum Gasteiger partial charge on any atom is 0.245 e. The van der Waals surface area contributed by atoms with E-state index in [1.54, 1.807) is 18.3 Å². The van der Waals surface area contributed by atoms with Crippen molar-refractivity contribution in [2.45, 2.75) is 18.7 Å². The van der Waals surface area contributed by atoms with Crippen LogP contribution in [0.25, 0.3) is 0 Å². The predicted octanol–water partition coefficient (Wildman–Crippen LogP) is 3.17. The molecule has 2 aromatic rings. The first-order valence-corrected chi connectivity index (χ1v) is 10.4. The highest BCUT2D eigenvalue weighted by atomic mass is 32.2. The monoisotopic (exact) mass is 388 g/mol. The van der Waals surface area contributed by atoms with Gasteiger partial charge in [-0.25, -0.2) is 8.42 Å². The Labute approximate surface area is 160 Å². The second-order valence-corrected chi connectivity index (χ2v) is 8.15. The number of aliphatic imine (C=N–C) groups is 1. The Bertz CT molecular complexity index is 902. The number of hydrogen-bond acceptors (Lipinski definition) is 5. The third-order valence-electron chi connectivity index (χ3n) is 4.25. The van der Waals surface area contributed by atoms with Gasteiger partial charge in [0.15, 0.2) is 0 Å². The summed E-state index contributed by atoms with van der Waals surface area (Å²) in [6, 6.07) is 12.8. The van der Waals surface area contributed by atoms with Crippen LogP contribution in [0.5, 0.6) is 5.75 Å². The summed E-state index contributed by atoms with van der Waals surface area (Å²) in [6.45, 7) is 5.96. The number of hydrogen-bond donors (Lipinski definition) is 0. The molecule has 2 aromatic carbocycles. The summed E-state index contributed by atoms with van der Waals surface area (Å²) < 4.78 is 38.3. The van der Waals surface area contributed by atoms with Gasteiger partial charge in [0, 0.05) is 19.3 Å². The average molecular weight is 388 g/mol. The molecule has 1 aliphatic heterocycles. The van der Waals surface area contributed by atoms with E-state index in [2.05, 4.69) is 4.99 Å². The zero-order valence-electron chi connectivity index (χ0n) is 15.6. The number of aryl methyl sites for hydroxylation is 1. The number of rotatable bonds is 6. The van der Waals surface area contributed by atoms with Crippen molar-refractivity contribution < 1.29 is 17.9 Å². The first-order chi connectivity index (χ1) is 13.0. The van der Waals surface area contributed by atoms with Gasteiger partial charge in [-0.15, -0.1) is 0 Å². The van der Waals surface area contributed by atoms with Crippen molar-refractivity contribution in [1.82, 2.24) is 4.31 Å². The summed E-state index contributed by atoms with van der Waals surface area (Å²) in [5, 5.41) is 0. The topological polar surface area (TPSA) is 68.2 Å². The van der Waals surface area contributed by atoms with Crippen molar-refractivity contribution in [3.8, 4) is 5.75 Å². The van der Waals surface area contributed by atoms with Gasteiger partial charge in [-0.2, -0.15) is 4.31 Å². The van der Waals surface area contributed by atoms with Crippen LogP contribution in [-0.4, -0.2) is 51.8 Å². The highest BCUT2D eigenvalue weighted by Gasteiger charge is 2.28. The Morgan fingerprint density at radius 3 is 2.52 bits per heavy atom. The molecule has 0 aliphatic carbocycles. The molecule has 0 bridgehead atoms. The molecule has 7 heteroatoms. The molecular weight excluding hydrogens is 364 g/mol. The van der Waals surface area contributed by atoms with Crippen LogP contribution in [0.3, 0.4) is 0 Å². The second kappa shape index (κ2) is 8.65. The summed E-state index contributed by atoms with van der Waals surface area (Å²) in [5.41, 5.74) is 2.18. The van der Waals surface area contributed by atoms with Crippen LogP contribution in [-0.2, 0) is 14.8 Å². The van der Waals surface area contributed by atoms with Gasteiger partial charge in [0.2, 0.25) is 10.0 Å². The molecule has 3 rings (SSSR count). The van der Waals surface area contributed by atoms with Gasteiger partial charge in [-0.1, -0.05) is 6.07 Å². The van der Waals surface area contributed by atoms with Crippen LogP contribution in [0.1, 0.15) is 18.1 Å². The summed E-state index contributed by atoms with van der Waals surface area (Å²) in [5.74, 6) is 0.792. The molecule has 0 atom stereocenters. The smallest absolute Gasteiger partial charge is 0.245 e. The minimum atomic E-state index is -3.61. The lowest BCUT2D eigenvalue weighted by atomic mass is 10.2. The number of ether oxygens (including phenoxy) is 2. The Hall–Kier alpha value is -2.22. The van der Waals surface area contributed by atoms with E-state index < -0.39 is 10.0 Å². The largest absolute Gasteiger partial charge is 0.494 e. The molecule has 1 fully saturated rings. The molecule has 1 heterocycles. The standard InChI is InChI=1S/C20H24N2O4S/c1-3-26-18-7-5-17(6-8-18)15-21-19-9-4-16(2)14-20(19)27(23,24)22-10-12-25-13-11-22/h4-9,14-15H,3,10-13H2,1-2H3. The molecule has 0 N–H and O–H groups in total. The van der Waals surface area contributed by atoms with Crippen molar-refractivity contribution in [1.29, 1.82) is 0 Å². The van der Waals surface area contributed by atoms with Gasteiger partial charge in [-0.3, -0.25) is 4.99 Å². The van der Waals surface area contributed by atoms with Crippen LogP contribution in [0.15, 0.2) is 52.4 Å². The molecule has 1 saturated heterocycles. The normalized spacial score (nSPS) is 15.9. The van der Waals surface area contributed by atoms with Gasteiger partial charge >= 0.3 is 0 Å². The lowest BCUT2D eigenvalue weighted by molar-refractivity contribution is 0.0730. The molecule has 6 nitrogen and oxygen atoms in total. The van der Waals surface area contributed by atoms with Gasteiger partial charge in [0.25, 0.3) is 0 Å². The predicted molar refractivity (Wildman–Crippen MR) is 106 cm³/mol. The molecule has 144 valence electrons. The fraction of sp³-hybridized carbons (Fsp3) is 0.350. The Morgan fingerprint density at radius 2 is 1.85 bits per heavy atom. The molecule has 0 spiro atoms. The lowest BCUT2D eigenvalue weighted by Crippen LogP contribution is -2.40. The van der Waals surface area contributed by atoms with Gasteiger partial charge in [-0.05, 0) is 61.4 Å². The minimum Gasteiger partial charge on any atom is -0.494 e. The zero-order chi connectivity index (χ0) is 19.3. The number of nitrogens with zero attached hydrogens (tertiary/aromatic N) is 2. The molecule has 0 radical (unpaired) electrons. The average Bonchev–Trinajstić information content (AvgIpc) is 2.69. The number of sulfonamides is 1. The van der Waals surface area contributed by atoms with E-state index in [4.69, 9.17) is 9.47 Å². The zero-order valence-corrected chi connectivity index (χ0v) is 16.4. The first-order valence-electron chi connectivity index (χ1n) is 8.96. The van der Waals surface area contributed by atoms with Crippen LogP contribution >= 0.6 is 0 Å². The van der Waals surface area contributed by atoms with E-state index >= 15 is 0 Å². The van der Waals surface area contributed by atoms with Crippen LogP contribution < -0.4 is 4.74 Å². The van der Waals surface area contributed by atoms with Crippen LogP contribution in [0, 0.1) is 6.92 Å². The maximum absolute atomic E-state index is 13.1. The summed E-state index contributed by atoms with van der Waals surface area (Å²) in [6.07, 6.45) is 1.67. The maximum atomic E-state index is 13.1. The second-order valence-electron chi connectivity index (χ2n) is 6.25. The Balaban J connectivity index is 1.89. The summed E-state index contributed by atoms with van der Waals surface area (Å²) in [4.78, 5) is 4.68. The van der Waals surface area contributed by atoms with Crippen molar-refractivity contribution in [3.63, 3.8) is 0 Å². The highest BCUT2D eigenvalue weighted by Crippen LogP contribution is 2.29. The van der Waals surface area contributed by atoms with E-state index in [0.717, 1.165) is 16.9 Å². The first kappa shape index (κ1) is 19.5. The van der Waals surface area contributed by atoms with Crippen molar-refractivity contribution in [2.24, 2.45) is 4.99 Å². The van der Waals surface area contributed by atoms with Gasteiger partial charge in [0.05, 0.1) is 25.5 Å². The molecule has 27 heavy (non-hydrogen) atoms. The number of benzene rings is 2. The van der Waals surface area contributed by atoms with Gasteiger partial charge < -0.3 is 9.47 Å². The third-order valence-corrected chi connectivity index (χ3v) is 6.17. The quantitative estimate of drug-likeness (QED) is 0.713. The molecule has 1 aliphatic rings. The Kier molecular flexibility index (Phi) is 6.26. The molecular formula is C20H24N2O4S. The molecule has 0 unspecified atom stereocenters. The summed E-state index contributed by atoms with van der Waals surface area (Å²) >= 11 is 0. The fourth-order valence-corrected chi connectivity index (χ4v) is 4.45. The minimum absolute atomic E-state index is 0.228. The lowest BCUT2D eigenvalue weighted by Gasteiger charge is -2.26. The van der Waals surface area contributed by atoms with E-state index in [-0.39, 0.29) is 4.90 Å². The summed E-state index contributed by atoms with van der Waals surface area (Å²) in [7, 11) is -3.61. The van der Waals surface area contributed by atoms with E-state index in [1.807, 2.05) is 44.2 Å². The van der Waals surface area contributed by atoms with Crippen molar-refractivity contribution >= 4 is 21.9 Å². The van der Waals surface area contributed by atoms with Crippen molar-refractivity contribution in [2.75, 3.05) is 32.9 Å². The molecule has 0 amide bonds. The molecule has 0 saturated carbocycles. The Morgan fingerprint density at radius 1 is 1.15 bits per heavy atom. The van der Waals surface area contributed by atoms with E-state index in [0.29, 0.717) is 38.6 Å². The number of morpholine rings is 1. The fourth-order valence-electron chi connectivity index (χ4n) is 2.82.